The monoisotopic (exact) mass is 554 g/mol. The van der Waals surface area contributed by atoms with Crippen molar-refractivity contribution in [1.82, 2.24) is 0 Å². The zero-order chi connectivity index (χ0) is 29.5. The predicted molar refractivity (Wildman–Crippen MR) is 144 cm³/mol. The van der Waals surface area contributed by atoms with Gasteiger partial charge in [0, 0.05) is 28.7 Å². The van der Waals surface area contributed by atoms with E-state index in [0.29, 0.717) is 19.3 Å². The molecule has 7 heteroatoms. The first kappa shape index (κ1) is 29.3. The molecule has 9 unspecified atom stereocenters. The molecule has 0 spiro atoms. The van der Waals surface area contributed by atoms with Gasteiger partial charge in [-0.05, 0) is 104 Å². The minimum atomic E-state index is -1.26. The van der Waals surface area contributed by atoms with Gasteiger partial charge in [-0.2, -0.15) is 0 Å². The van der Waals surface area contributed by atoms with Crippen molar-refractivity contribution in [3.8, 4) is 0 Å². The Bertz CT molecular complexity index is 1150. The van der Waals surface area contributed by atoms with E-state index in [1.54, 1.807) is 0 Å². The molecule has 0 radical (unpaired) electrons. The molecule has 4 saturated carbocycles. The van der Waals surface area contributed by atoms with Crippen molar-refractivity contribution in [1.29, 1.82) is 0 Å². The molecule has 9 atom stereocenters. The maximum atomic E-state index is 14.3. The van der Waals surface area contributed by atoms with Gasteiger partial charge in [0.05, 0.1) is 6.42 Å². The van der Waals surface area contributed by atoms with Crippen LogP contribution in [0.3, 0.4) is 0 Å². The van der Waals surface area contributed by atoms with Crippen LogP contribution in [0.5, 0.6) is 0 Å². The van der Waals surface area contributed by atoms with Crippen LogP contribution in [0, 0.1) is 50.7 Å². The average molecular weight is 555 g/mol. The SMILES string of the molecule is CC1(C(=O)[O-])CCC2(C)CCC3C(=CC(=O)C4C3(C)CCC3C(C)(C)C(OC(=O)CCC(=O)[O-])CCC34C)C2C1. The second-order valence-corrected chi connectivity index (χ2v) is 15.6. The molecule has 0 bridgehead atoms. The molecule has 5 aliphatic rings. The Morgan fingerprint density at radius 1 is 0.850 bits per heavy atom. The van der Waals surface area contributed by atoms with Gasteiger partial charge in [0.1, 0.15) is 6.10 Å². The summed E-state index contributed by atoms with van der Waals surface area (Å²) < 4.78 is 5.85. The lowest BCUT2D eigenvalue weighted by atomic mass is 9.37. The van der Waals surface area contributed by atoms with E-state index in [2.05, 4.69) is 34.6 Å². The van der Waals surface area contributed by atoms with Crippen LogP contribution >= 0.6 is 0 Å². The summed E-state index contributed by atoms with van der Waals surface area (Å²) in [5.41, 5.74) is -0.462. The number of ketones is 1. The molecule has 0 aromatic carbocycles. The summed E-state index contributed by atoms with van der Waals surface area (Å²) >= 11 is 0. The highest BCUT2D eigenvalue weighted by atomic mass is 16.5. The highest BCUT2D eigenvalue weighted by molar-refractivity contribution is 5.95. The number of hydrogen-bond acceptors (Lipinski definition) is 7. The summed E-state index contributed by atoms with van der Waals surface area (Å²) in [7, 11) is 0. The fourth-order valence-electron chi connectivity index (χ4n) is 10.7. The second-order valence-electron chi connectivity index (χ2n) is 15.6. The lowest BCUT2D eigenvalue weighted by molar-refractivity contribution is -0.321. The molecule has 0 amide bonds. The molecule has 0 aliphatic heterocycles. The van der Waals surface area contributed by atoms with Gasteiger partial charge >= 0.3 is 5.97 Å². The number of carboxylic acids is 2. The van der Waals surface area contributed by atoms with Gasteiger partial charge in [-0.3, -0.25) is 9.59 Å². The van der Waals surface area contributed by atoms with Crippen LogP contribution in [-0.2, 0) is 23.9 Å². The second kappa shape index (κ2) is 9.42. The lowest BCUT2D eigenvalue weighted by Gasteiger charge is -2.67. The number of aliphatic carboxylic acids is 2. The van der Waals surface area contributed by atoms with Gasteiger partial charge in [-0.1, -0.05) is 47.1 Å². The third kappa shape index (κ3) is 4.27. The van der Waals surface area contributed by atoms with Gasteiger partial charge in [0.15, 0.2) is 5.78 Å². The van der Waals surface area contributed by atoms with E-state index in [1.807, 2.05) is 13.0 Å². The van der Waals surface area contributed by atoms with Crippen molar-refractivity contribution in [2.75, 3.05) is 0 Å². The van der Waals surface area contributed by atoms with Crippen molar-refractivity contribution in [2.45, 2.75) is 118 Å². The summed E-state index contributed by atoms with van der Waals surface area (Å²) in [5, 5.41) is 23.0. The van der Waals surface area contributed by atoms with Crippen molar-refractivity contribution < 1.29 is 34.1 Å². The number of hydrogen-bond donors (Lipinski definition) is 0. The minimum Gasteiger partial charge on any atom is -0.550 e. The number of allylic oxidation sites excluding steroid dienone is 2. The highest BCUT2D eigenvalue weighted by Gasteiger charge is 2.67. The minimum absolute atomic E-state index is 0.0164. The summed E-state index contributed by atoms with van der Waals surface area (Å²) in [6.45, 7) is 13.0. The Labute approximate surface area is 238 Å². The van der Waals surface area contributed by atoms with Gasteiger partial charge < -0.3 is 24.5 Å². The normalized spacial score (nSPS) is 45.6. The van der Waals surface area contributed by atoms with E-state index in [1.165, 1.54) is 5.57 Å². The fraction of sp³-hybridized carbons (Fsp3) is 0.818. The molecule has 222 valence electrons. The molecule has 0 saturated heterocycles. The third-order valence-electron chi connectivity index (χ3n) is 13.0. The van der Waals surface area contributed by atoms with Crippen LogP contribution in [0.25, 0.3) is 0 Å². The van der Waals surface area contributed by atoms with E-state index >= 15 is 0 Å². The molecule has 0 N–H and O–H groups in total. The summed E-state index contributed by atoms with van der Waals surface area (Å²) in [6, 6.07) is 0. The number of fused-ring (bicyclic) bond motifs is 7. The first-order valence-corrected chi connectivity index (χ1v) is 15.3. The summed E-state index contributed by atoms with van der Waals surface area (Å²) in [6.07, 6.45) is 8.41. The molecule has 0 aromatic heterocycles. The number of carbonyl (C=O) groups excluding carboxylic acids is 4. The Hall–Kier alpha value is -2.18. The van der Waals surface area contributed by atoms with Crippen LogP contribution in [0.15, 0.2) is 11.6 Å². The van der Waals surface area contributed by atoms with Crippen LogP contribution < -0.4 is 10.2 Å². The van der Waals surface area contributed by atoms with Crippen molar-refractivity contribution >= 4 is 23.7 Å². The number of carboxylic acid groups (broad SMARTS) is 2. The smallest absolute Gasteiger partial charge is 0.306 e. The van der Waals surface area contributed by atoms with Crippen LogP contribution in [0.4, 0.5) is 0 Å². The molecule has 7 nitrogen and oxygen atoms in total. The number of ether oxygens (including phenoxy) is 1. The molecule has 0 aromatic rings. The van der Waals surface area contributed by atoms with Crippen molar-refractivity contribution in [2.24, 2.45) is 50.7 Å². The van der Waals surface area contributed by atoms with Crippen molar-refractivity contribution in [3.05, 3.63) is 11.6 Å². The number of carbonyl (C=O) groups is 4. The standard InChI is InChI=1S/C33H48O7/c1-29(2)23-10-13-32(5)20-9-12-30(3)15-16-31(4,28(38)39)18-21(30)19(20)17-22(34)27(32)33(23,6)14-11-24(29)40-26(37)8-7-25(35)36/h17,20-21,23-24,27H,7-16,18H2,1-6H3,(H,35,36)(H,38,39)/p-2. The van der Waals surface area contributed by atoms with Crippen LogP contribution in [-0.4, -0.2) is 29.8 Å². The van der Waals surface area contributed by atoms with E-state index in [4.69, 9.17) is 4.74 Å². The first-order chi connectivity index (χ1) is 18.5. The van der Waals surface area contributed by atoms with Gasteiger partial charge in [0.25, 0.3) is 0 Å². The molecule has 5 aliphatic carbocycles. The Kier molecular flexibility index (Phi) is 6.90. The highest BCUT2D eigenvalue weighted by Crippen LogP contribution is 2.71. The maximum Gasteiger partial charge on any atom is 0.306 e. The van der Waals surface area contributed by atoms with Crippen molar-refractivity contribution in [3.63, 3.8) is 0 Å². The zero-order valence-electron chi connectivity index (χ0n) is 25.1. The predicted octanol–water partition coefficient (Wildman–Crippen LogP) is 3.77. The number of esters is 1. The Balaban J connectivity index is 1.45. The average Bonchev–Trinajstić information content (AvgIpc) is 2.84. The molecular weight excluding hydrogens is 508 g/mol. The van der Waals surface area contributed by atoms with E-state index in [0.717, 1.165) is 38.5 Å². The summed E-state index contributed by atoms with van der Waals surface area (Å²) in [4.78, 5) is 49.7. The topological polar surface area (TPSA) is 124 Å². The van der Waals surface area contributed by atoms with Gasteiger partial charge in [-0.15, -0.1) is 0 Å². The van der Waals surface area contributed by atoms with E-state index < -0.39 is 23.3 Å². The quantitative estimate of drug-likeness (QED) is 0.474. The first-order valence-electron chi connectivity index (χ1n) is 15.3. The molecular formula is C33H46O7-2. The van der Waals surface area contributed by atoms with E-state index in [-0.39, 0.29) is 70.1 Å². The summed E-state index contributed by atoms with van der Waals surface area (Å²) in [5.74, 6) is -2.17. The Morgan fingerprint density at radius 2 is 1.52 bits per heavy atom. The van der Waals surface area contributed by atoms with Crippen LogP contribution in [0.2, 0.25) is 0 Å². The molecule has 40 heavy (non-hydrogen) atoms. The maximum absolute atomic E-state index is 14.3. The van der Waals surface area contributed by atoms with Gasteiger partial charge in [0.2, 0.25) is 0 Å². The third-order valence-corrected chi connectivity index (χ3v) is 13.0. The zero-order valence-corrected chi connectivity index (χ0v) is 25.1. The van der Waals surface area contributed by atoms with Gasteiger partial charge in [-0.25, -0.2) is 0 Å². The number of rotatable bonds is 5. The molecule has 0 heterocycles. The fourth-order valence-corrected chi connectivity index (χ4v) is 10.7. The van der Waals surface area contributed by atoms with E-state index in [9.17, 15) is 29.4 Å². The van der Waals surface area contributed by atoms with Crippen LogP contribution in [0.1, 0.15) is 112 Å². The lowest BCUT2D eigenvalue weighted by Crippen LogP contribution is -2.64. The largest absolute Gasteiger partial charge is 0.550 e. The molecule has 4 fully saturated rings. The Morgan fingerprint density at radius 3 is 2.17 bits per heavy atom. The molecule has 5 rings (SSSR count).